The van der Waals surface area contributed by atoms with Crippen LogP contribution in [-0.4, -0.2) is 23.7 Å². The summed E-state index contributed by atoms with van der Waals surface area (Å²) in [5.41, 5.74) is 1.57. The lowest BCUT2D eigenvalue weighted by atomic mass is 10.2. The lowest BCUT2D eigenvalue weighted by Gasteiger charge is -2.05. The van der Waals surface area contributed by atoms with Gasteiger partial charge in [0.2, 0.25) is 6.79 Å². The van der Waals surface area contributed by atoms with E-state index in [1.54, 1.807) is 36.4 Å². The summed E-state index contributed by atoms with van der Waals surface area (Å²) in [5, 5.41) is 0.913. The Labute approximate surface area is 126 Å². The van der Waals surface area contributed by atoms with Crippen molar-refractivity contribution in [1.82, 2.24) is 4.98 Å². The van der Waals surface area contributed by atoms with E-state index in [0.717, 1.165) is 10.9 Å². The Morgan fingerprint density at radius 2 is 1.55 bits per heavy atom. The highest BCUT2D eigenvalue weighted by Crippen LogP contribution is 2.15. The van der Waals surface area contributed by atoms with Crippen molar-refractivity contribution >= 4 is 22.8 Å². The van der Waals surface area contributed by atoms with Crippen LogP contribution < -0.4 is 0 Å². The second kappa shape index (κ2) is 6.13. The van der Waals surface area contributed by atoms with Gasteiger partial charge in [0.15, 0.2) is 0 Å². The number of ether oxygens (including phenoxy) is 2. The Bertz CT molecular complexity index is 775. The van der Waals surface area contributed by atoms with Crippen LogP contribution in [0.15, 0.2) is 60.7 Å². The summed E-state index contributed by atoms with van der Waals surface area (Å²) in [7, 11) is 0. The van der Waals surface area contributed by atoms with Gasteiger partial charge in [-0.1, -0.05) is 36.4 Å². The summed E-state index contributed by atoms with van der Waals surface area (Å²) >= 11 is 0. The SMILES string of the molecule is O=C(OCOC(=O)c1cc2ccccc2[nH]1)c1ccccc1. The van der Waals surface area contributed by atoms with E-state index < -0.39 is 18.7 Å². The van der Waals surface area contributed by atoms with Crippen molar-refractivity contribution < 1.29 is 19.1 Å². The van der Waals surface area contributed by atoms with Gasteiger partial charge in [0.25, 0.3) is 0 Å². The molecular weight excluding hydrogens is 282 g/mol. The molecule has 5 nitrogen and oxygen atoms in total. The van der Waals surface area contributed by atoms with E-state index in [4.69, 9.17) is 9.47 Å². The molecule has 22 heavy (non-hydrogen) atoms. The Balaban J connectivity index is 1.57. The van der Waals surface area contributed by atoms with E-state index in [0.29, 0.717) is 11.3 Å². The monoisotopic (exact) mass is 295 g/mol. The van der Waals surface area contributed by atoms with Crippen molar-refractivity contribution in [1.29, 1.82) is 0 Å². The van der Waals surface area contributed by atoms with Crippen molar-refractivity contribution in [2.75, 3.05) is 6.79 Å². The second-order valence-corrected chi connectivity index (χ2v) is 4.62. The Kier molecular flexibility index (Phi) is 3.87. The molecule has 0 aliphatic rings. The summed E-state index contributed by atoms with van der Waals surface area (Å²) in [5.74, 6) is -1.11. The van der Waals surface area contributed by atoms with E-state index >= 15 is 0 Å². The van der Waals surface area contributed by atoms with E-state index in [-0.39, 0.29) is 0 Å². The maximum Gasteiger partial charge on any atom is 0.357 e. The molecule has 0 bridgehead atoms. The average Bonchev–Trinajstić information content (AvgIpc) is 2.99. The van der Waals surface area contributed by atoms with E-state index in [9.17, 15) is 9.59 Å². The average molecular weight is 295 g/mol. The standard InChI is InChI=1S/C17H13NO4/c19-16(12-6-2-1-3-7-12)21-11-22-17(20)15-10-13-8-4-5-9-14(13)18-15/h1-10,18H,11H2. The molecule has 0 saturated heterocycles. The number of hydrogen-bond acceptors (Lipinski definition) is 4. The maximum absolute atomic E-state index is 11.9. The minimum atomic E-state index is -0.572. The van der Waals surface area contributed by atoms with Crippen LogP contribution in [0.5, 0.6) is 0 Å². The number of benzene rings is 2. The molecule has 2 aromatic carbocycles. The zero-order valence-electron chi connectivity index (χ0n) is 11.6. The number of carbonyl (C=O) groups excluding carboxylic acids is 2. The number of H-pyrrole nitrogens is 1. The molecule has 5 heteroatoms. The van der Waals surface area contributed by atoms with Gasteiger partial charge in [-0.3, -0.25) is 0 Å². The Morgan fingerprint density at radius 3 is 2.32 bits per heavy atom. The van der Waals surface area contributed by atoms with Crippen LogP contribution in [0.25, 0.3) is 10.9 Å². The number of rotatable bonds is 4. The minimum Gasteiger partial charge on any atom is -0.424 e. The topological polar surface area (TPSA) is 68.4 Å². The van der Waals surface area contributed by atoms with Gasteiger partial charge >= 0.3 is 11.9 Å². The van der Waals surface area contributed by atoms with Gasteiger partial charge in [-0.25, -0.2) is 9.59 Å². The van der Waals surface area contributed by atoms with E-state index in [2.05, 4.69) is 4.98 Å². The van der Waals surface area contributed by atoms with Gasteiger partial charge in [0, 0.05) is 10.9 Å². The number of esters is 2. The van der Waals surface area contributed by atoms with Gasteiger partial charge in [0.05, 0.1) is 5.56 Å². The largest absolute Gasteiger partial charge is 0.424 e. The molecule has 0 unspecified atom stereocenters. The molecule has 0 atom stereocenters. The number of hydrogen-bond donors (Lipinski definition) is 1. The molecule has 0 radical (unpaired) electrons. The third-order valence-electron chi connectivity index (χ3n) is 3.14. The van der Waals surface area contributed by atoms with Gasteiger partial charge < -0.3 is 14.5 Å². The molecule has 0 aliphatic carbocycles. The summed E-state index contributed by atoms with van der Waals surface area (Å²) in [6.45, 7) is -0.429. The minimum absolute atomic E-state index is 0.317. The van der Waals surface area contributed by atoms with Crippen molar-refractivity contribution in [2.24, 2.45) is 0 Å². The Morgan fingerprint density at radius 1 is 0.864 bits per heavy atom. The molecule has 0 saturated carbocycles. The van der Waals surface area contributed by atoms with Crippen LogP contribution in [0.2, 0.25) is 0 Å². The van der Waals surface area contributed by atoms with Gasteiger partial charge in [0.1, 0.15) is 5.69 Å². The molecular formula is C17H13NO4. The first-order valence-electron chi connectivity index (χ1n) is 6.71. The zero-order chi connectivity index (χ0) is 15.4. The lowest BCUT2D eigenvalue weighted by Crippen LogP contribution is -2.13. The van der Waals surface area contributed by atoms with Crippen LogP contribution >= 0.6 is 0 Å². The molecule has 1 N–H and O–H groups in total. The van der Waals surface area contributed by atoms with Crippen LogP contribution in [-0.2, 0) is 9.47 Å². The molecule has 110 valence electrons. The highest BCUT2D eigenvalue weighted by Gasteiger charge is 2.12. The highest BCUT2D eigenvalue weighted by atomic mass is 16.7. The number of carbonyl (C=O) groups is 2. The van der Waals surface area contributed by atoms with E-state index in [1.807, 2.05) is 24.3 Å². The number of para-hydroxylation sites is 1. The van der Waals surface area contributed by atoms with Gasteiger partial charge in [-0.05, 0) is 24.3 Å². The Hall–Kier alpha value is -3.08. The van der Waals surface area contributed by atoms with Crippen LogP contribution in [0, 0.1) is 0 Å². The van der Waals surface area contributed by atoms with Crippen molar-refractivity contribution in [3.05, 3.63) is 71.9 Å². The van der Waals surface area contributed by atoms with Crippen molar-refractivity contribution in [3.63, 3.8) is 0 Å². The van der Waals surface area contributed by atoms with E-state index in [1.165, 1.54) is 0 Å². The smallest absolute Gasteiger partial charge is 0.357 e. The summed E-state index contributed by atoms with van der Waals surface area (Å²) in [6.07, 6.45) is 0. The second-order valence-electron chi connectivity index (χ2n) is 4.62. The molecule has 3 aromatic rings. The van der Waals surface area contributed by atoms with Crippen LogP contribution in [0.3, 0.4) is 0 Å². The first-order chi connectivity index (χ1) is 10.7. The molecule has 1 heterocycles. The fraction of sp³-hybridized carbons (Fsp3) is 0.0588. The molecule has 0 spiro atoms. The number of fused-ring (bicyclic) bond motifs is 1. The summed E-state index contributed by atoms with van der Waals surface area (Å²) in [4.78, 5) is 26.5. The maximum atomic E-state index is 11.9. The molecule has 0 aliphatic heterocycles. The fourth-order valence-electron chi connectivity index (χ4n) is 2.06. The third kappa shape index (κ3) is 2.98. The molecule has 1 aromatic heterocycles. The number of aromatic amines is 1. The lowest BCUT2D eigenvalue weighted by molar-refractivity contribution is -0.0170. The molecule has 0 fully saturated rings. The first kappa shape index (κ1) is 13.9. The van der Waals surface area contributed by atoms with Crippen LogP contribution in [0.1, 0.15) is 20.8 Å². The number of aromatic nitrogens is 1. The molecule has 0 amide bonds. The predicted molar refractivity (Wildman–Crippen MR) is 80.4 cm³/mol. The highest BCUT2D eigenvalue weighted by molar-refractivity contribution is 5.95. The third-order valence-corrected chi connectivity index (χ3v) is 3.14. The normalized spacial score (nSPS) is 10.4. The predicted octanol–water partition coefficient (Wildman–Crippen LogP) is 3.14. The fourth-order valence-corrected chi connectivity index (χ4v) is 2.06. The zero-order valence-corrected chi connectivity index (χ0v) is 11.6. The van der Waals surface area contributed by atoms with Crippen molar-refractivity contribution in [3.8, 4) is 0 Å². The summed E-state index contributed by atoms with van der Waals surface area (Å²) in [6, 6.07) is 17.7. The quantitative estimate of drug-likeness (QED) is 0.593. The number of nitrogens with one attached hydrogen (secondary N) is 1. The van der Waals surface area contributed by atoms with Crippen molar-refractivity contribution in [2.45, 2.75) is 0 Å². The summed E-state index contributed by atoms with van der Waals surface area (Å²) < 4.78 is 9.83. The van der Waals surface area contributed by atoms with Gasteiger partial charge in [-0.15, -0.1) is 0 Å². The first-order valence-corrected chi connectivity index (χ1v) is 6.71. The van der Waals surface area contributed by atoms with Crippen LogP contribution in [0.4, 0.5) is 0 Å². The molecule has 3 rings (SSSR count). The van der Waals surface area contributed by atoms with Gasteiger partial charge in [-0.2, -0.15) is 0 Å².